The van der Waals surface area contributed by atoms with E-state index in [0.717, 1.165) is 12.5 Å². The number of likely N-dealkylation sites (tertiary alicyclic amines) is 1. The van der Waals surface area contributed by atoms with Gasteiger partial charge in [-0.2, -0.15) is 0 Å². The second kappa shape index (κ2) is 5.30. The first-order valence-corrected chi connectivity index (χ1v) is 7.79. The number of rotatable bonds is 2. The number of carbonyl (C=O) groups is 1. The summed E-state index contributed by atoms with van der Waals surface area (Å²) in [5.41, 5.74) is 6.73. The molecule has 1 aliphatic carbocycles. The summed E-state index contributed by atoms with van der Waals surface area (Å²) in [6.07, 6.45) is 1.52. The van der Waals surface area contributed by atoms with E-state index in [1.165, 1.54) is 6.07 Å². The molecule has 1 saturated heterocycles. The molecule has 3 nitrogen and oxygen atoms in total. The van der Waals surface area contributed by atoms with Gasteiger partial charge in [-0.05, 0) is 41.9 Å². The molecule has 3 unspecified atom stereocenters. The molecule has 120 valence electrons. The predicted octanol–water partition coefficient (Wildman–Crippen LogP) is 2.65. The Morgan fingerprint density at radius 1 is 1.32 bits per heavy atom. The first-order chi connectivity index (χ1) is 10.3. The molecule has 3 atom stereocenters. The summed E-state index contributed by atoms with van der Waals surface area (Å²) in [4.78, 5) is 14.5. The van der Waals surface area contributed by atoms with E-state index in [-0.39, 0.29) is 29.2 Å². The molecule has 0 spiro atoms. The van der Waals surface area contributed by atoms with Gasteiger partial charge in [0.15, 0.2) is 11.6 Å². The Hall–Kier alpha value is -1.49. The third-order valence-electron chi connectivity index (χ3n) is 5.10. The molecule has 0 radical (unpaired) electrons. The number of amides is 1. The Morgan fingerprint density at radius 3 is 2.68 bits per heavy atom. The van der Waals surface area contributed by atoms with Crippen molar-refractivity contribution in [2.24, 2.45) is 17.1 Å². The minimum Gasteiger partial charge on any atom is -0.342 e. The Bertz CT molecular complexity index is 602. The van der Waals surface area contributed by atoms with Crippen molar-refractivity contribution >= 4 is 5.91 Å². The summed E-state index contributed by atoms with van der Waals surface area (Å²) in [5, 5.41) is 0. The molecule has 1 heterocycles. The maximum Gasteiger partial charge on any atom is 0.226 e. The zero-order valence-electron chi connectivity index (χ0n) is 13.0. The summed E-state index contributed by atoms with van der Waals surface area (Å²) >= 11 is 0. The lowest BCUT2D eigenvalue weighted by Gasteiger charge is -2.42. The van der Waals surface area contributed by atoms with Crippen molar-refractivity contribution in [2.45, 2.75) is 38.6 Å². The molecule has 3 rings (SSSR count). The molecule has 22 heavy (non-hydrogen) atoms. The third-order valence-corrected chi connectivity index (χ3v) is 5.10. The molecule has 1 aromatic carbocycles. The van der Waals surface area contributed by atoms with Crippen LogP contribution in [0.5, 0.6) is 0 Å². The maximum atomic E-state index is 13.3. The molecule has 2 aliphatic rings. The SMILES string of the molecule is CC1(C)CN(C(=O)C2CC2c2ccc(F)c(F)c2)CCC1N. The summed E-state index contributed by atoms with van der Waals surface area (Å²) < 4.78 is 26.3. The summed E-state index contributed by atoms with van der Waals surface area (Å²) in [7, 11) is 0. The fraction of sp³-hybridized carbons (Fsp3) is 0.588. The van der Waals surface area contributed by atoms with Gasteiger partial charge < -0.3 is 10.6 Å². The van der Waals surface area contributed by atoms with E-state index in [4.69, 9.17) is 5.73 Å². The highest BCUT2D eigenvalue weighted by Gasteiger charge is 2.47. The van der Waals surface area contributed by atoms with E-state index in [2.05, 4.69) is 13.8 Å². The van der Waals surface area contributed by atoms with Gasteiger partial charge in [0.05, 0.1) is 0 Å². The molecular formula is C17H22F2N2O. The van der Waals surface area contributed by atoms with E-state index >= 15 is 0 Å². The van der Waals surface area contributed by atoms with Gasteiger partial charge in [-0.25, -0.2) is 8.78 Å². The van der Waals surface area contributed by atoms with Crippen LogP contribution in [0.3, 0.4) is 0 Å². The normalized spacial score (nSPS) is 30.2. The third kappa shape index (κ3) is 2.74. The van der Waals surface area contributed by atoms with Crippen LogP contribution in [0.15, 0.2) is 18.2 Å². The zero-order chi connectivity index (χ0) is 16.1. The Morgan fingerprint density at radius 2 is 2.05 bits per heavy atom. The molecule has 1 saturated carbocycles. The average Bonchev–Trinajstić information content (AvgIpc) is 3.24. The number of piperidine rings is 1. The van der Waals surface area contributed by atoms with Crippen LogP contribution in [-0.2, 0) is 4.79 Å². The van der Waals surface area contributed by atoms with Crippen molar-refractivity contribution in [1.29, 1.82) is 0 Å². The van der Waals surface area contributed by atoms with Crippen LogP contribution in [-0.4, -0.2) is 29.9 Å². The van der Waals surface area contributed by atoms with Crippen molar-refractivity contribution in [1.82, 2.24) is 4.90 Å². The zero-order valence-corrected chi connectivity index (χ0v) is 13.0. The number of nitrogens with two attached hydrogens (primary N) is 1. The topological polar surface area (TPSA) is 46.3 Å². The van der Waals surface area contributed by atoms with E-state index in [9.17, 15) is 13.6 Å². The van der Waals surface area contributed by atoms with E-state index < -0.39 is 11.6 Å². The smallest absolute Gasteiger partial charge is 0.226 e. The van der Waals surface area contributed by atoms with Crippen molar-refractivity contribution in [2.75, 3.05) is 13.1 Å². The lowest BCUT2D eigenvalue weighted by Crippen LogP contribution is -2.54. The van der Waals surface area contributed by atoms with Gasteiger partial charge in [0.1, 0.15) is 0 Å². The van der Waals surface area contributed by atoms with E-state index in [1.54, 1.807) is 6.07 Å². The van der Waals surface area contributed by atoms with Crippen molar-refractivity contribution in [3.05, 3.63) is 35.4 Å². The monoisotopic (exact) mass is 308 g/mol. The number of benzene rings is 1. The molecule has 2 fully saturated rings. The van der Waals surface area contributed by atoms with Gasteiger partial charge in [0.25, 0.3) is 0 Å². The first kappa shape index (κ1) is 15.4. The van der Waals surface area contributed by atoms with Crippen molar-refractivity contribution in [3.63, 3.8) is 0 Å². The number of halogens is 2. The number of nitrogens with zero attached hydrogens (tertiary/aromatic N) is 1. The highest BCUT2D eigenvalue weighted by Crippen LogP contribution is 2.49. The fourth-order valence-corrected chi connectivity index (χ4v) is 3.38. The Labute approximate surface area is 129 Å². The van der Waals surface area contributed by atoms with Gasteiger partial charge in [-0.1, -0.05) is 19.9 Å². The first-order valence-electron chi connectivity index (χ1n) is 7.79. The van der Waals surface area contributed by atoms with Crippen LogP contribution in [0.4, 0.5) is 8.78 Å². The van der Waals surface area contributed by atoms with Crippen LogP contribution < -0.4 is 5.73 Å². The van der Waals surface area contributed by atoms with Crippen LogP contribution in [0, 0.1) is 23.0 Å². The fourth-order valence-electron chi connectivity index (χ4n) is 3.38. The molecule has 1 aliphatic heterocycles. The molecule has 0 bridgehead atoms. The van der Waals surface area contributed by atoms with Crippen LogP contribution in [0.25, 0.3) is 0 Å². The summed E-state index contributed by atoms with van der Waals surface area (Å²) in [5.74, 6) is -1.66. The van der Waals surface area contributed by atoms with Gasteiger partial charge in [-0.15, -0.1) is 0 Å². The van der Waals surface area contributed by atoms with Crippen LogP contribution >= 0.6 is 0 Å². The van der Waals surface area contributed by atoms with E-state index in [1.807, 2.05) is 4.90 Å². The Kier molecular flexibility index (Phi) is 3.71. The molecule has 5 heteroatoms. The largest absolute Gasteiger partial charge is 0.342 e. The van der Waals surface area contributed by atoms with Gasteiger partial charge in [0, 0.05) is 25.0 Å². The molecule has 1 aromatic rings. The maximum absolute atomic E-state index is 13.3. The molecule has 0 aromatic heterocycles. The number of hydrogen-bond acceptors (Lipinski definition) is 2. The Balaban J connectivity index is 1.67. The van der Waals surface area contributed by atoms with Crippen LogP contribution in [0.1, 0.15) is 38.2 Å². The van der Waals surface area contributed by atoms with Gasteiger partial charge in [-0.3, -0.25) is 4.79 Å². The molecule has 2 N–H and O–H groups in total. The number of hydrogen-bond donors (Lipinski definition) is 1. The van der Waals surface area contributed by atoms with E-state index in [0.29, 0.717) is 25.1 Å². The second-order valence-electron chi connectivity index (χ2n) is 7.27. The average molecular weight is 308 g/mol. The van der Waals surface area contributed by atoms with Crippen LogP contribution in [0.2, 0.25) is 0 Å². The summed E-state index contributed by atoms with van der Waals surface area (Å²) in [6, 6.07) is 4.03. The number of carbonyl (C=O) groups excluding carboxylic acids is 1. The highest BCUT2D eigenvalue weighted by atomic mass is 19.2. The molecular weight excluding hydrogens is 286 g/mol. The predicted molar refractivity (Wildman–Crippen MR) is 80.2 cm³/mol. The van der Waals surface area contributed by atoms with Gasteiger partial charge >= 0.3 is 0 Å². The highest BCUT2D eigenvalue weighted by molar-refractivity contribution is 5.83. The minimum atomic E-state index is -0.848. The second-order valence-corrected chi connectivity index (χ2v) is 7.27. The summed E-state index contributed by atoms with van der Waals surface area (Å²) in [6.45, 7) is 5.51. The van der Waals surface area contributed by atoms with Gasteiger partial charge in [0.2, 0.25) is 5.91 Å². The van der Waals surface area contributed by atoms with Crippen molar-refractivity contribution < 1.29 is 13.6 Å². The lowest BCUT2D eigenvalue weighted by atomic mass is 9.79. The quantitative estimate of drug-likeness (QED) is 0.913. The lowest BCUT2D eigenvalue weighted by molar-refractivity contribution is -0.136. The van der Waals surface area contributed by atoms with Crippen molar-refractivity contribution in [3.8, 4) is 0 Å². The minimum absolute atomic E-state index is 0.0151. The molecule has 1 amide bonds. The standard InChI is InChI=1S/C17H22F2N2O/c1-17(2)9-21(6-5-15(17)20)16(22)12-8-11(12)10-3-4-13(18)14(19)7-10/h3-4,7,11-12,15H,5-6,8-9,20H2,1-2H3.